The van der Waals surface area contributed by atoms with E-state index in [9.17, 15) is 0 Å². The van der Waals surface area contributed by atoms with Gasteiger partial charge >= 0.3 is 0 Å². The summed E-state index contributed by atoms with van der Waals surface area (Å²) in [7, 11) is 0. The van der Waals surface area contributed by atoms with Gasteiger partial charge in [0, 0.05) is 18.7 Å². The summed E-state index contributed by atoms with van der Waals surface area (Å²) in [6.07, 6.45) is 1.65. The fourth-order valence-corrected chi connectivity index (χ4v) is 1.28. The second kappa shape index (κ2) is 2.48. The number of fused-ring (bicyclic) bond motifs is 1. The molecule has 0 bridgehead atoms. The Morgan fingerprint density at radius 2 is 2.50 bits per heavy atom. The lowest BCUT2D eigenvalue weighted by Gasteiger charge is -2.06. The fourth-order valence-electron chi connectivity index (χ4n) is 1.28. The van der Waals surface area contributed by atoms with Gasteiger partial charge in [-0.1, -0.05) is 0 Å². The Hall–Kier alpha value is -1.58. The van der Waals surface area contributed by atoms with Crippen molar-refractivity contribution in [3.63, 3.8) is 0 Å². The summed E-state index contributed by atoms with van der Waals surface area (Å²) in [6.45, 7) is 2.85. The van der Waals surface area contributed by atoms with Gasteiger partial charge in [-0.3, -0.25) is 0 Å². The summed E-state index contributed by atoms with van der Waals surface area (Å²) >= 11 is 0. The highest BCUT2D eigenvalue weighted by Gasteiger charge is 2.06. The van der Waals surface area contributed by atoms with Crippen molar-refractivity contribution in [2.75, 3.05) is 17.7 Å². The minimum absolute atomic E-state index is 0.672. The highest BCUT2D eigenvalue weighted by Crippen LogP contribution is 2.20. The molecule has 2 heterocycles. The number of furan rings is 1. The summed E-state index contributed by atoms with van der Waals surface area (Å²) in [5, 5.41) is 0. The number of nitrogens with zero attached hydrogens (tertiary/aromatic N) is 1. The second-order valence-corrected chi connectivity index (χ2v) is 2.59. The van der Waals surface area contributed by atoms with Crippen molar-refractivity contribution in [2.45, 2.75) is 6.92 Å². The van der Waals surface area contributed by atoms with Crippen molar-refractivity contribution in [3.8, 4) is 0 Å². The lowest BCUT2D eigenvalue weighted by Crippen LogP contribution is -2.15. The summed E-state index contributed by atoms with van der Waals surface area (Å²) in [4.78, 5) is 0. The summed E-state index contributed by atoms with van der Waals surface area (Å²) < 4.78 is 7.00. The third-order valence-corrected chi connectivity index (χ3v) is 1.77. The Kier molecular flexibility index (Phi) is 1.46. The lowest BCUT2D eigenvalue weighted by atomic mass is 10.5. The first-order valence-electron chi connectivity index (χ1n) is 3.91. The zero-order valence-electron chi connectivity index (χ0n) is 6.87. The number of nitrogens with one attached hydrogen (secondary N) is 1. The average Bonchev–Trinajstić information content (AvgIpc) is 2.56. The molecule has 0 unspecified atom stereocenters. The van der Waals surface area contributed by atoms with Crippen molar-refractivity contribution >= 4 is 16.9 Å². The lowest BCUT2D eigenvalue weighted by molar-refractivity contribution is 0.616. The maximum Gasteiger partial charge on any atom is 0.155 e. The van der Waals surface area contributed by atoms with E-state index in [1.165, 1.54) is 0 Å². The largest absolute Gasteiger partial charge is 0.463 e. The second-order valence-electron chi connectivity index (χ2n) is 2.59. The van der Waals surface area contributed by atoms with Crippen molar-refractivity contribution in [1.29, 1.82) is 0 Å². The highest BCUT2D eigenvalue weighted by atomic mass is 16.3. The molecule has 2 aromatic heterocycles. The van der Waals surface area contributed by atoms with Crippen LogP contribution >= 0.6 is 0 Å². The van der Waals surface area contributed by atoms with Crippen molar-refractivity contribution in [2.24, 2.45) is 0 Å². The van der Waals surface area contributed by atoms with Crippen LogP contribution in [0.4, 0.5) is 5.82 Å². The van der Waals surface area contributed by atoms with Crippen LogP contribution in [0.3, 0.4) is 0 Å². The predicted octanol–water partition coefficient (Wildman–Crippen LogP) is 1.38. The van der Waals surface area contributed by atoms with Gasteiger partial charge in [-0.2, -0.15) is 0 Å². The maximum absolute atomic E-state index is 5.72. The molecule has 64 valence electrons. The molecule has 4 heteroatoms. The SMILES string of the molecule is CCNn1c(N)cc2occc21. The molecule has 0 radical (unpaired) electrons. The number of nitrogen functional groups attached to an aromatic ring is 1. The zero-order valence-corrected chi connectivity index (χ0v) is 6.87. The van der Waals surface area contributed by atoms with Crippen LogP contribution in [-0.2, 0) is 0 Å². The van der Waals surface area contributed by atoms with Crippen LogP contribution in [0.25, 0.3) is 11.1 Å². The van der Waals surface area contributed by atoms with E-state index in [0.717, 1.165) is 17.6 Å². The standard InChI is InChI=1S/C8H11N3O/c1-2-10-11-6-3-4-12-7(6)5-8(11)9/h3-5,10H,2,9H2,1H3. The van der Waals surface area contributed by atoms with Gasteiger partial charge in [0.1, 0.15) is 11.3 Å². The molecular weight excluding hydrogens is 154 g/mol. The van der Waals surface area contributed by atoms with Crippen molar-refractivity contribution < 1.29 is 4.42 Å². The van der Waals surface area contributed by atoms with Gasteiger partial charge < -0.3 is 15.6 Å². The normalized spacial score (nSPS) is 10.8. The van der Waals surface area contributed by atoms with Gasteiger partial charge in [-0.05, 0) is 6.92 Å². The topological polar surface area (TPSA) is 56.1 Å². The van der Waals surface area contributed by atoms with Crippen LogP contribution in [0.15, 0.2) is 22.8 Å². The van der Waals surface area contributed by atoms with E-state index in [4.69, 9.17) is 10.2 Å². The number of hydrogen-bond donors (Lipinski definition) is 2. The summed E-state index contributed by atoms with van der Waals surface area (Å²) in [5.41, 5.74) is 10.6. The van der Waals surface area contributed by atoms with E-state index in [0.29, 0.717) is 5.82 Å². The molecule has 2 rings (SSSR count). The van der Waals surface area contributed by atoms with Gasteiger partial charge in [0.05, 0.1) is 6.26 Å². The number of hydrogen-bond acceptors (Lipinski definition) is 3. The van der Waals surface area contributed by atoms with Gasteiger partial charge in [0.15, 0.2) is 5.58 Å². The third kappa shape index (κ3) is 0.845. The first kappa shape index (κ1) is 7.09. The van der Waals surface area contributed by atoms with Crippen LogP contribution < -0.4 is 11.2 Å². The number of aromatic nitrogens is 1. The Morgan fingerprint density at radius 3 is 3.25 bits per heavy atom. The molecule has 2 aromatic rings. The van der Waals surface area contributed by atoms with Gasteiger partial charge in [0.2, 0.25) is 0 Å². The van der Waals surface area contributed by atoms with Gasteiger partial charge in [-0.25, -0.2) is 4.68 Å². The monoisotopic (exact) mass is 165 g/mol. The molecule has 0 saturated carbocycles. The molecule has 4 nitrogen and oxygen atoms in total. The summed E-state index contributed by atoms with van der Waals surface area (Å²) in [6, 6.07) is 3.69. The molecule has 3 N–H and O–H groups in total. The minimum Gasteiger partial charge on any atom is -0.463 e. The number of rotatable bonds is 2. The summed E-state index contributed by atoms with van der Waals surface area (Å²) in [5.74, 6) is 0.672. The molecular formula is C8H11N3O. The first-order chi connectivity index (χ1) is 5.83. The van der Waals surface area contributed by atoms with Gasteiger partial charge in [0.25, 0.3) is 0 Å². The molecule has 0 fully saturated rings. The molecule has 0 amide bonds. The van der Waals surface area contributed by atoms with Crippen LogP contribution in [0.2, 0.25) is 0 Å². The number of nitrogens with two attached hydrogens (primary N) is 1. The zero-order chi connectivity index (χ0) is 8.55. The molecule has 0 aromatic carbocycles. The minimum atomic E-state index is 0.672. The highest BCUT2D eigenvalue weighted by molar-refractivity contribution is 5.79. The van der Waals surface area contributed by atoms with Gasteiger partial charge in [-0.15, -0.1) is 0 Å². The number of anilines is 1. The molecule has 0 aliphatic carbocycles. The molecule has 0 aliphatic rings. The molecule has 0 spiro atoms. The van der Waals surface area contributed by atoms with E-state index >= 15 is 0 Å². The molecule has 0 atom stereocenters. The Balaban J connectivity index is 2.59. The molecule has 0 saturated heterocycles. The third-order valence-electron chi connectivity index (χ3n) is 1.77. The molecule has 12 heavy (non-hydrogen) atoms. The first-order valence-corrected chi connectivity index (χ1v) is 3.91. The van der Waals surface area contributed by atoms with Crippen LogP contribution in [-0.4, -0.2) is 11.2 Å². The van der Waals surface area contributed by atoms with Crippen LogP contribution in [0.1, 0.15) is 6.92 Å². The Labute approximate surface area is 69.9 Å². The van der Waals surface area contributed by atoms with E-state index in [1.807, 2.05) is 17.7 Å². The Morgan fingerprint density at radius 1 is 1.67 bits per heavy atom. The maximum atomic E-state index is 5.72. The quantitative estimate of drug-likeness (QED) is 0.706. The van der Waals surface area contributed by atoms with Crippen LogP contribution in [0.5, 0.6) is 0 Å². The Bertz CT molecular complexity index is 388. The molecule has 0 aliphatic heterocycles. The average molecular weight is 165 g/mol. The van der Waals surface area contributed by atoms with Crippen molar-refractivity contribution in [3.05, 3.63) is 18.4 Å². The van der Waals surface area contributed by atoms with E-state index < -0.39 is 0 Å². The van der Waals surface area contributed by atoms with Crippen molar-refractivity contribution in [1.82, 2.24) is 4.68 Å². The predicted molar refractivity (Wildman–Crippen MR) is 48.5 cm³/mol. The van der Waals surface area contributed by atoms with E-state index in [2.05, 4.69) is 5.43 Å². The fraction of sp³-hybridized carbons (Fsp3) is 0.250. The van der Waals surface area contributed by atoms with E-state index in [-0.39, 0.29) is 0 Å². The van der Waals surface area contributed by atoms with Crippen LogP contribution in [0, 0.1) is 0 Å². The van der Waals surface area contributed by atoms with E-state index in [1.54, 1.807) is 12.3 Å². The smallest absolute Gasteiger partial charge is 0.155 e.